The number of rotatable bonds is 4. The highest BCUT2D eigenvalue weighted by Gasteiger charge is 2.49. The van der Waals surface area contributed by atoms with Crippen LogP contribution in [0.4, 0.5) is 0 Å². The summed E-state index contributed by atoms with van der Waals surface area (Å²) in [6, 6.07) is 7.62. The summed E-state index contributed by atoms with van der Waals surface area (Å²) in [6.07, 6.45) is 2.19. The topological polar surface area (TPSA) is 46.5 Å². The van der Waals surface area contributed by atoms with Crippen LogP contribution >= 0.6 is 0 Å². The summed E-state index contributed by atoms with van der Waals surface area (Å²) in [6.45, 7) is 0. The van der Waals surface area contributed by atoms with Gasteiger partial charge in [0.15, 0.2) is 0 Å². The second-order valence-electron chi connectivity index (χ2n) is 4.11. The predicted octanol–water partition coefficient (Wildman–Crippen LogP) is 2.10. The second kappa shape index (κ2) is 3.57. The lowest BCUT2D eigenvalue weighted by Crippen LogP contribution is -2.17. The van der Waals surface area contributed by atoms with E-state index in [4.69, 9.17) is 9.84 Å². The molecule has 0 heterocycles. The quantitative estimate of drug-likeness (QED) is 0.820. The van der Waals surface area contributed by atoms with Gasteiger partial charge in [0.05, 0.1) is 12.5 Å². The van der Waals surface area contributed by atoms with Gasteiger partial charge >= 0.3 is 5.97 Å². The van der Waals surface area contributed by atoms with E-state index in [2.05, 4.69) is 0 Å². The minimum atomic E-state index is -0.676. The lowest BCUT2D eigenvalue weighted by atomic mass is 9.97. The summed E-state index contributed by atoms with van der Waals surface area (Å²) >= 11 is 0. The molecular formula is C12H14O3. The maximum atomic E-state index is 11.0. The van der Waals surface area contributed by atoms with Gasteiger partial charge in [0.1, 0.15) is 5.75 Å². The van der Waals surface area contributed by atoms with Crippen LogP contribution in [0.3, 0.4) is 0 Å². The molecule has 0 spiro atoms. The van der Waals surface area contributed by atoms with Crippen LogP contribution in [0.2, 0.25) is 0 Å². The van der Waals surface area contributed by atoms with Gasteiger partial charge in [-0.3, -0.25) is 4.79 Å². The van der Waals surface area contributed by atoms with Crippen molar-refractivity contribution in [3.05, 3.63) is 29.8 Å². The molecule has 0 aromatic heterocycles. The first-order chi connectivity index (χ1) is 7.16. The summed E-state index contributed by atoms with van der Waals surface area (Å²) in [7, 11) is 1.61. The molecule has 1 aliphatic rings. The third-order valence-electron chi connectivity index (χ3n) is 2.98. The Morgan fingerprint density at radius 3 is 2.80 bits per heavy atom. The van der Waals surface area contributed by atoms with Crippen LogP contribution in [-0.2, 0) is 11.2 Å². The fraction of sp³-hybridized carbons (Fsp3) is 0.417. The summed E-state index contributed by atoms with van der Waals surface area (Å²) in [4.78, 5) is 11.0. The van der Waals surface area contributed by atoms with E-state index < -0.39 is 11.4 Å². The molecule has 0 atom stereocenters. The fourth-order valence-corrected chi connectivity index (χ4v) is 1.79. The standard InChI is InChI=1S/C12H14O3/c1-15-10-4-2-3-9(7-10)8-12(5-6-12)11(13)14/h2-4,7H,5-6,8H2,1H3,(H,13,14). The van der Waals surface area contributed by atoms with Crippen molar-refractivity contribution in [2.45, 2.75) is 19.3 Å². The maximum Gasteiger partial charge on any atom is 0.309 e. The first-order valence-electron chi connectivity index (χ1n) is 5.03. The van der Waals surface area contributed by atoms with E-state index in [0.717, 1.165) is 24.2 Å². The minimum Gasteiger partial charge on any atom is -0.497 e. The van der Waals surface area contributed by atoms with Crippen LogP contribution in [-0.4, -0.2) is 18.2 Å². The molecule has 0 bridgehead atoms. The highest BCUT2D eigenvalue weighted by molar-refractivity contribution is 5.78. The van der Waals surface area contributed by atoms with Gasteiger partial charge in [-0.2, -0.15) is 0 Å². The highest BCUT2D eigenvalue weighted by atomic mass is 16.5. The Labute approximate surface area is 88.7 Å². The van der Waals surface area contributed by atoms with E-state index >= 15 is 0 Å². The lowest BCUT2D eigenvalue weighted by molar-refractivity contribution is -0.143. The minimum absolute atomic E-state index is 0.494. The zero-order chi connectivity index (χ0) is 10.9. The number of hydrogen-bond acceptors (Lipinski definition) is 2. The maximum absolute atomic E-state index is 11.0. The van der Waals surface area contributed by atoms with Gasteiger partial charge in [-0.05, 0) is 37.0 Å². The Balaban J connectivity index is 2.14. The van der Waals surface area contributed by atoms with Crippen LogP contribution < -0.4 is 4.74 Å². The third-order valence-corrected chi connectivity index (χ3v) is 2.98. The molecule has 1 aliphatic carbocycles. The summed E-state index contributed by atoms with van der Waals surface area (Å²) in [5.41, 5.74) is 0.543. The van der Waals surface area contributed by atoms with E-state index in [-0.39, 0.29) is 0 Å². The van der Waals surface area contributed by atoms with Crippen molar-refractivity contribution >= 4 is 5.97 Å². The van der Waals surface area contributed by atoms with Gasteiger partial charge < -0.3 is 9.84 Å². The Bertz CT molecular complexity index is 380. The summed E-state index contributed by atoms with van der Waals surface area (Å²) in [5.74, 6) is 0.110. The number of ether oxygens (including phenoxy) is 1. The molecule has 1 aromatic rings. The van der Waals surface area contributed by atoms with E-state index in [9.17, 15) is 4.79 Å². The molecular weight excluding hydrogens is 192 g/mol. The number of carboxylic acid groups (broad SMARTS) is 1. The largest absolute Gasteiger partial charge is 0.497 e. The molecule has 3 nitrogen and oxygen atoms in total. The molecule has 15 heavy (non-hydrogen) atoms. The number of hydrogen-bond donors (Lipinski definition) is 1. The molecule has 80 valence electrons. The number of aliphatic carboxylic acids is 1. The van der Waals surface area contributed by atoms with Gasteiger partial charge in [-0.15, -0.1) is 0 Å². The predicted molar refractivity (Wildman–Crippen MR) is 56.0 cm³/mol. The third kappa shape index (κ3) is 1.96. The first kappa shape index (κ1) is 10.0. The summed E-state index contributed by atoms with van der Waals surface area (Å²) in [5, 5.41) is 9.06. The molecule has 1 aromatic carbocycles. The zero-order valence-corrected chi connectivity index (χ0v) is 8.69. The SMILES string of the molecule is COc1cccc(CC2(C(=O)O)CC2)c1. The van der Waals surface area contributed by atoms with Crippen LogP contribution in [0.15, 0.2) is 24.3 Å². The van der Waals surface area contributed by atoms with Crippen molar-refractivity contribution < 1.29 is 14.6 Å². The van der Waals surface area contributed by atoms with E-state index in [1.165, 1.54) is 0 Å². The van der Waals surface area contributed by atoms with Crippen LogP contribution in [0.5, 0.6) is 5.75 Å². The van der Waals surface area contributed by atoms with Gasteiger partial charge in [0.25, 0.3) is 0 Å². The van der Waals surface area contributed by atoms with Crippen LogP contribution in [0, 0.1) is 5.41 Å². The average molecular weight is 206 g/mol. The smallest absolute Gasteiger partial charge is 0.309 e. The first-order valence-corrected chi connectivity index (χ1v) is 5.03. The van der Waals surface area contributed by atoms with E-state index in [1.807, 2.05) is 24.3 Å². The number of carbonyl (C=O) groups is 1. The fourth-order valence-electron chi connectivity index (χ4n) is 1.79. The molecule has 1 N–H and O–H groups in total. The Morgan fingerprint density at radius 1 is 1.53 bits per heavy atom. The number of carboxylic acids is 1. The second-order valence-corrected chi connectivity index (χ2v) is 4.11. The van der Waals surface area contributed by atoms with Crippen molar-refractivity contribution in [2.24, 2.45) is 5.41 Å². The van der Waals surface area contributed by atoms with Gasteiger partial charge in [-0.25, -0.2) is 0 Å². The molecule has 0 radical (unpaired) electrons. The molecule has 0 amide bonds. The highest BCUT2D eigenvalue weighted by Crippen LogP contribution is 2.48. The average Bonchev–Trinajstić information content (AvgIpc) is 2.99. The van der Waals surface area contributed by atoms with Crippen LogP contribution in [0.1, 0.15) is 18.4 Å². The summed E-state index contributed by atoms with van der Waals surface area (Å²) < 4.78 is 5.10. The monoisotopic (exact) mass is 206 g/mol. The molecule has 0 unspecified atom stereocenters. The van der Waals surface area contributed by atoms with Crippen molar-refractivity contribution in [3.8, 4) is 5.75 Å². The number of methoxy groups -OCH3 is 1. The van der Waals surface area contributed by atoms with Gasteiger partial charge in [-0.1, -0.05) is 12.1 Å². The van der Waals surface area contributed by atoms with Gasteiger partial charge in [0.2, 0.25) is 0 Å². The molecule has 0 aliphatic heterocycles. The van der Waals surface area contributed by atoms with Gasteiger partial charge in [0, 0.05) is 0 Å². The van der Waals surface area contributed by atoms with Crippen molar-refractivity contribution in [3.63, 3.8) is 0 Å². The Kier molecular flexibility index (Phi) is 2.39. The Morgan fingerprint density at radius 2 is 2.27 bits per heavy atom. The molecule has 1 fully saturated rings. The zero-order valence-electron chi connectivity index (χ0n) is 8.69. The van der Waals surface area contributed by atoms with Crippen molar-refractivity contribution in [1.82, 2.24) is 0 Å². The van der Waals surface area contributed by atoms with E-state index in [0.29, 0.717) is 6.42 Å². The van der Waals surface area contributed by atoms with Crippen molar-refractivity contribution in [2.75, 3.05) is 7.11 Å². The van der Waals surface area contributed by atoms with E-state index in [1.54, 1.807) is 7.11 Å². The lowest BCUT2D eigenvalue weighted by Gasteiger charge is -2.10. The molecule has 1 saturated carbocycles. The van der Waals surface area contributed by atoms with Crippen molar-refractivity contribution in [1.29, 1.82) is 0 Å². The Hall–Kier alpha value is -1.51. The molecule has 0 saturated heterocycles. The number of benzene rings is 1. The molecule has 2 rings (SSSR count). The molecule has 3 heteroatoms. The normalized spacial score (nSPS) is 17.1. The van der Waals surface area contributed by atoms with Crippen LogP contribution in [0.25, 0.3) is 0 Å².